The van der Waals surface area contributed by atoms with Gasteiger partial charge in [0.25, 0.3) is 5.56 Å². The fourth-order valence-corrected chi connectivity index (χ4v) is 1.76. The first kappa shape index (κ1) is 12.9. The topological polar surface area (TPSA) is 73.4 Å². The molecular weight excluding hydrogens is 244 g/mol. The van der Waals surface area contributed by atoms with Gasteiger partial charge in [-0.1, -0.05) is 12.1 Å². The molecule has 0 fully saturated rings. The second-order valence-electron chi connectivity index (χ2n) is 4.36. The molecule has 1 aromatic heterocycles. The average Bonchev–Trinajstić information content (AvgIpc) is 2.38. The maximum atomic E-state index is 11.6. The van der Waals surface area contributed by atoms with Gasteiger partial charge in [-0.25, -0.2) is 4.79 Å². The summed E-state index contributed by atoms with van der Waals surface area (Å²) in [6.07, 6.45) is 0. The van der Waals surface area contributed by atoms with E-state index in [1.807, 2.05) is 43.3 Å². The minimum Gasteiger partial charge on any atom is -0.477 e. The third-order valence-electron chi connectivity index (χ3n) is 2.81. The minimum atomic E-state index is -1.23. The van der Waals surface area contributed by atoms with Gasteiger partial charge in [-0.05, 0) is 24.3 Å². The van der Waals surface area contributed by atoms with Crippen LogP contribution < -0.4 is 10.5 Å². The smallest absolute Gasteiger partial charge is 0.341 e. The number of aromatic nitrogens is 1. The molecule has 2 rings (SSSR count). The van der Waals surface area contributed by atoms with Gasteiger partial charge in [0.1, 0.15) is 5.56 Å². The molecule has 0 unspecified atom stereocenters. The van der Waals surface area contributed by atoms with Crippen molar-refractivity contribution in [3.05, 3.63) is 52.3 Å². The van der Waals surface area contributed by atoms with Crippen LogP contribution in [0.15, 0.2) is 41.2 Å². The summed E-state index contributed by atoms with van der Waals surface area (Å²) in [5, 5.41) is 8.82. The average molecular weight is 258 g/mol. The number of carbonyl (C=O) groups is 1. The highest BCUT2D eigenvalue weighted by Crippen LogP contribution is 2.21. The molecule has 0 saturated carbocycles. The Morgan fingerprint density at radius 3 is 2.53 bits per heavy atom. The fraction of sp³-hybridized carbons (Fsp3) is 0.143. The zero-order valence-corrected chi connectivity index (χ0v) is 10.7. The number of anilines is 1. The third kappa shape index (κ3) is 2.65. The molecule has 0 saturated heterocycles. The number of benzene rings is 1. The lowest BCUT2D eigenvalue weighted by Crippen LogP contribution is -2.17. The quantitative estimate of drug-likeness (QED) is 0.880. The van der Waals surface area contributed by atoms with Crippen molar-refractivity contribution >= 4 is 11.7 Å². The van der Waals surface area contributed by atoms with Gasteiger partial charge >= 0.3 is 5.97 Å². The molecule has 0 radical (unpaired) electrons. The Balaban J connectivity index is 2.48. The van der Waals surface area contributed by atoms with Crippen LogP contribution in [0.3, 0.4) is 0 Å². The lowest BCUT2D eigenvalue weighted by atomic mass is 10.1. The zero-order chi connectivity index (χ0) is 14.0. The normalized spacial score (nSPS) is 10.2. The van der Waals surface area contributed by atoms with Crippen LogP contribution in [0.4, 0.5) is 5.69 Å². The van der Waals surface area contributed by atoms with E-state index >= 15 is 0 Å². The molecule has 5 nitrogen and oxygen atoms in total. The third-order valence-corrected chi connectivity index (χ3v) is 2.81. The van der Waals surface area contributed by atoms with E-state index in [4.69, 9.17) is 5.11 Å². The number of carboxylic acid groups (broad SMARTS) is 1. The fourth-order valence-electron chi connectivity index (χ4n) is 1.76. The van der Waals surface area contributed by atoms with Crippen molar-refractivity contribution in [1.29, 1.82) is 0 Å². The summed E-state index contributed by atoms with van der Waals surface area (Å²) in [5.41, 5.74) is 1.58. The summed E-state index contributed by atoms with van der Waals surface area (Å²) < 4.78 is 0. The minimum absolute atomic E-state index is 0.257. The highest BCUT2D eigenvalue weighted by molar-refractivity contribution is 5.87. The molecule has 0 aliphatic carbocycles. The maximum Gasteiger partial charge on any atom is 0.341 e. The van der Waals surface area contributed by atoms with Crippen LogP contribution in [0, 0.1) is 0 Å². The summed E-state index contributed by atoms with van der Waals surface area (Å²) in [6, 6.07) is 10.5. The Morgan fingerprint density at radius 1 is 1.21 bits per heavy atom. The molecule has 5 heteroatoms. The van der Waals surface area contributed by atoms with Crippen molar-refractivity contribution in [3.63, 3.8) is 0 Å². The summed E-state index contributed by atoms with van der Waals surface area (Å²) >= 11 is 0. The lowest BCUT2D eigenvalue weighted by molar-refractivity contribution is 0.0695. The predicted octanol–water partition coefficient (Wildman–Crippen LogP) is 1.81. The van der Waals surface area contributed by atoms with Gasteiger partial charge in [0.2, 0.25) is 0 Å². The first-order valence-corrected chi connectivity index (χ1v) is 5.73. The van der Waals surface area contributed by atoms with E-state index in [1.165, 1.54) is 6.07 Å². The van der Waals surface area contributed by atoms with Gasteiger partial charge in [0.15, 0.2) is 0 Å². The largest absolute Gasteiger partial charge is 0.477 e. The van der Waals surface area contributed by atoms with E-state index in [-0.39, 0.29) is 5.56 Å². The van der Waals surface area contributed by atoms with Crippen LogP contribution in [0.2, 0.25) is 0 Å². The molecule has 0 bridgehead atoms. The monoisotopic (exact) mass is 258 g/mol. The molecule has 98 valence electrons. The van der Waals surface area contributed by atoms with Gasteiger partial charge in [-0.15, -0.1) is 0 Å². The first-order valence-electron chi connectivity index (χ1n) is 5.73. The van der Waals surface area contributed by atoms with Crippen molar-refractivity contribution in [3.8, 4) is 11.3 Å². The summed E-state index contributed by atoms with van der Waals surface area (Å²) in [6.45, 7) is 0. The van der Waals surface area contributed by atoms with Crippen molar-refractivity contribution in [2.24, 2.45) is 0 Å². The Morgan fingerprint density at radius 2 is 1.95 bits per heavy atom. The second kappa shape index (κ2) is 4.97. The number of pyridine rings is 1. The number of nitrogens with one attached hydrogen (secondary N) is 1. The van der Waals surface area contributed by atoms with Crippen LogP contribution in [-0.2, 0) is 0 Å². The molecule has 1 aromatic carbocycles. The number of hydrogen-bond donors (Lipinski definition) is 2. The van der Waals surface area contributed by atoms with E-state index in [1.54, 1.807) is 6.07 Å². The number of nitrogens with zero attached hydrogens (tertiary/aromatic N) is 1. The lowest BCUT2D eigenvalue weighted by Gasteiger charge is -2.13. The molecule has 0 amide bonds. The molecule has 0 aliphatic rings. The Kier molecular flexibility index (Phi) is 3.37. The molecule has 2 aromatic rings. The van der Waals surface area contributed by atoms with Crippen molar-refractivity contribution in [2.75, 3.05) is 19.0 Å². The van der Waals surface area contributed by atoms with Crippen molar-refractivity contribution in [2.45, 2.75) is 0 Å². The first-order chi connectivity index (χ1) is 8.99. The van der Waals surface area contributed by atoms with E-state index in [2.05, 4.69) is 4.98 Å². The highest BCUT2D eigenvalue weighted by atomic mass is 16.4. The van der Waals surface area contributed by atoms with Crippen molar-refractivity contribution in [1.82, 2.24) is 4.98 Å². The van der Waals surface area contributed by atoms with Crippen LogP contribution in [0.1, 0.15) is 10.4 Å². The number of rotatable bonds is 3. The van der Waals surface area contributed by atoms with Crippen LogP contribution in [0.25, 0.3) is 11.3 Å². The molecule has 0 spiro atoms. The van der Waals surface area contributed by atoms with Crippen LogP contribution in [-0.4, -0.2) is 30.2 Å². The SMILES string of the molecule is CN(C)c1cccc(-c2ccc(C(=O)O)c(=O)[nH]2)c1. The number of carboxylic acids is 1. The highest BCUT2D eigenvalue weighted by Gasteiger charge is 2.09. The standard InChI is InChI=1S/C14H14N2O3/c1-16(2)10-5-3-4-9(8-10)12-7-6-11(14(18)19)13(17)15-12/h3-8H,1-2H3,(H,15,17)(H,18,19). The molecule has 19 heavy (non-hydrogen) atoms. The molecule has 0 atom stereocenters. The van der Waals surface area contributed by atoms with Crippen LogP contribution >= 0.6 is 0 Å². The summed E-state index contributed by atoms with van der Waals surface area (Å²) in [5.74, 6) is -1.23. The zero-order valence-electron chi connectivity index (χ0n) is 10.7. The van der Waals surface area contributed by atoms with E-state index < -0.39 is 11.5 Å². The molecule has 0 aliphatic heterocycles. The number of hydrogen-bond acceptors (Lipinski definition) is 3. The predicted molar refractivity (Wildman–Crippen MR) is 73.8 cm³/mol. The van der Waals surface area contributed by atoms with E-state index in [9.17, 15) is 9.59 Å². The van der Waals surface area contributed by atoms with Gasteiger partial charge in [-0.2, -0.15) is 0 Å². The molecular formula is C14H14N2O3. The van der Waals surface area contributed by atoms with Gasteiger partial charge < -0.3 is 15.0 Å². The number of aromatic carboxylic acids is 1. The van der Waals surface area contributed by atoms with Crippen LogP contribution in [0.5, 0.6) is 0 Å². The van der Waals surface area contributed by atoms with E-state index in [0.29, 0.717) is 5.69 Å². The van der Waals surface area contributed by atoms with Gasteiger partial charge in [0.05, 0.1) is 0 Å². The molecule has 2 N–H and O–H groups in total. The molecule has 1 heterocycles. The van der Waals surface area contributed by atoms with E-state index in [0.717, 1.165) is 11.3 Å². The number of aromatic amines is 1. The van der Waals surface area contributed by atoms with Gasteiger partial charge in [-0.3, -0.25) is 4.79 Å². The maximum absolute atomic E-state index is 11.6. The summed E-state index contributed by atoms with van der Waals surface area (Å²) in [4.78, 5) is 26.9. The number of H-pyrrole nitrogens is 1. The Labute approximate surface area is 110 Å². The van der Waals surface area contributed by atoms with Gasteiger partial charge in [0, 0.05) is 31.0 Å². The Hall–Kier alpha value is -2.56. The second-order valence-corrected chi connectivity index (χ2v) is 4.36. The summed E-state index contributed by atoms with van der Waals surface area (Å²) in [7, 11) is 3.85. The van der Waals surface area contributed by atoms with Crippen molar-refractivity contribution < 1.29 is 9.90 Å². The Bertz CT molecular complexity index is 674.